The molecule has 0 spiro atoms. The van der Waals surface area contributed by atoms with Crippen molar-refractivity contribution in [3.05, 3.63) is 45.8 Å². The molecule has 2 aliphatic carbocycles. The average Bonchev–Trinajstić information content (AvgIpc) is 3.26. The second-order valence-corrected chi connectivity index (χ2v) is 11.5. The van der Waals surface area contributed by atoms with Gasteiger partial charge in [-0.25, -0.2) is 4.79 Å². The van der Waals surface area contributed by atoms with Crippen LogP contribution in [0.3, 0.4) is 0 Å². The quantitative estimate of drug-likeness (QED) is 0.544. The van der Waals surface area contributed by atoms with Gasteiger partial charge in [0.1, 0.15) is 10.8 Å². The van der Waals surface area contributed by atoms with Gasteiger partial charge in [-0.2, -0.15) is 0 Å². The maximum absolute atomic E-state index is 13.4. The van der Waals surface area contributed by atoms with Crippen LogP contribution in [-0.4, -0.2) is 54.8 Å². The van der Waals surface area contributed by atoms with E-state index in [4.69, 9.17) is 9.47 Å². The van der Waals surface area contributed by atoms with E-state index in [-0.39, 0.29) is 30.4 Å². The summed E-state index contributed by atoms with van der Waals surface area (Å²) in [5.74, 6) is 0.334. The highest BCUT2D eigenvalue weighted by Gasteiger charge is 2.49. The predicted octanol–water partition coefficient (Wildman–Crippen LogP) is 4.73. The fraction of sp³-hybridized carbons (Fsp3) is 0.571. The summed E-state index contributed by atoms with van der Waals surface area (Å²) in [6.45, 7) is 0.842. The van der Waals surface area contributed by atoms with Crippen LogP contribution >= 0.6 is 11.3 Å². The molecule has 3 unspecified atom stereocenters. The van der Waals surface area contributed by atoms with Gasteiger partial charge in [0.25, 0.3) is 0 Å². The molecule has 2 aromatic rings. The molecule has 1 aromatic heterocycles. The zero-order valence-electron chi connectivity index (χ0n) is 21.2. The van der Waals surface area contributed by atoms with Crippen molar-refractivity contribution in [2.45, 2.75) is 69.4 Å². The van der Waals surface area contributed by atoms with Crippen LogP contribution in [0, 0.1) is 5.92 Å². The number of esters is 1. The minimum atomic E-state index is -0.694. The number of fused-ring (bicyclic) bond motifs is 2. The number of benzene rings is 1. The van der Waals surface area contributed by atoms with Gasteiger partial charge in [-0.15, -0.1) is 11.3 Å². The van der Waals surface area contributed by atoms with Gasteiger partial charge in [0, 0.05) is 23.4 Å². The van der Waals surface area contributed by atoms with E-state index >= 15 is 0 Å². The van der Waals surface area contributed by atoms with E-state index in [0.717, 1.165) is 68.2 Å². The lowest BCUT2D eigenvalue weighted by Gasteiger charge is -2.52. The summed E-state index contributed by atoms with van der Waals surface area (Å²) >= 11 is 1.51. The van der Waals surface area contributed by atoms with E-state index in [9.17, 15) is 14.7 Å². The second kappa shape index (κ2) is 10.5. The molecule has 5 rings (SSSR count). The average molecular weight is 513 g/mol. The zero-order chi connectivity index (χ0) is 25.3. The van der Waals surface area contributed by atoms with Gasteiger partial charge in [-0.05, 0) is 68.2 Å². The topological polar surface area (TPSA) is 88.1 Å². The summed E-state index contributed by atoms with van der Waals surface area (Å²) in [5, 5.41) is 15.2. The maximum Gasteiger partial charge on any atom is 0.341 e. The van der Waals surface area contributed by atoms with Crippen LogP contribution in [0.1, 0.15) is 77.3 Å². The molecule has 2 fully saturated rings. The molecule has 2 N–H and O–H groups in total. The van der Waals surface area contributed by atoms with Crippen molar-refractivity contribution in [3.63, 3.8) is 0 Å². The van der Waals surface area contributed by atoms with E-state index < -0.39 is 5.60 Å². The van der Waals surface area contributed by atoms with Crippen LogP contribution in [0.2, 0.25) is 0 Å². The third kappa shape index (κ3) is 4.78. The standard InChI is InChI=1S/C28H36N2O5S/c1-34-19-12-10-18(11-13-19)25-21-8-5-6-14-28(21,33)15-16-30(25)17-23(31)29-26-24(27(32)35-2)20-7-3-4-9-22(20)36-26/h10-13,21,25,33H,3-9,14-17H2,1-2H3,(H,29,31). The lowest BCUT2D eigenvalue weighted by atomic mass is 9.66. The fourth-order valence-corrected chi connectivity index (χ4v) is 7.78. The fourth-order valence-electron chi connectivity index (χ4n) is 6.49. The third-order valence-corrected chi connectivity index (χ3v) is 9.50. The number of carbonyl (C=O) groups is 2. The van der Waals surface area contributed by atoms with Crippen LogP contribution in [-0.2, 0) is 22.4 Å². The second-order valence-electron chi connectivity index (χ2n) is 10.3. The van der Waals surface area contributed by atoms with E-state index in [1.165, 1.54) is 23.3 Å². The number of methoxy groups -OCH3 is 2. The largest absolute Gasteiger partial charge is 0.497 e. The molecule has 3 atom stereocenters. The highest BCUT2D eigenvalue weighted by Crippen LogP contribution is 2.49. The molecule has 0 radical (unpaired) electrons. The molecule has 1 saturated carbocycles. The molecule has 1 amide bonds. The van der Waals surface area contributed by atoms with Crippen LogP contribution in [0.25, 0.3) is 0 Å². The van der Waals surface area contributed by atoms with Gasteiger partial charge >= 0.3 is 5.97 Å². The van der Waals surface area contributed by atoms with Gasteiger partial charge in [0.05, 0.1) is 31.9 Å². The highest BCUT2D eigenvalue weighted by molar-refractivity contribution is 7.17. The summed E-state index contributed by atoms with van der Waals surface area (Å²) in [4.78, 5) is 29.4. The molecule has 1 aliphatic heterocycles. The van der Waals surface area contributed by atoms with Crippen LogP contribution in [0.5, 0.6) is 5.75 Å². The number of hydrogen-bond acceptors (Lipinski definition) is 7. The number of ether oxygens (including phenoxy) is 2. The number of carbonyl (C=O) groups excluding carboxylic acids is 2. The van der Waals surface area contributed by atoms with Gasteiger partial charge in [-0.1, -0.05) is 25.0 Å². The van der Waals surface area contributed by atoms with Crippen molar-refractivity contribution >= 4 is 28.2 Å². The Morgan fingerprint density at radius 2 is 1.89 bits per heavy atom. The van der Waals surface area contributed by atoms with Crippen molar-refractivity contribution < 1.29 is 24.2 Å². The summed E-state index contributed by atoms with van der Waals surface area (Å²) in [6, 6.07) is 7.94. The number of nitrogens with one attached hydrogen (secondary N) is 1. The van der Waals surface area contributed by atoms with Crippen molar-refractivity contribution in [2.75, 3.05) is 32.6 Å². The number of amides is 1. The molecule has 0 bridgehead atoms. The molecule has 2 heterocycles. The Bertz CT molecular complexity index is 1110. The van der Waals surface area contributed by atoms with E-state index in [1.54, 1.807) is 7.11 Å². The highest BCUT2D eigenvalue weighted by atomic mass is 32.1. The van der Waals surface area contributed by atoms with Crippen molar-refractivity contribution in [1.82, 2.24) is 4.90 Å². The number of nitrogens with zero attached hydrogens (tertiary/aromatic N) is 1. The first-order valence-corrected chi connectivity index (χ1v) is 13.9. The van der Waals surface area contributed by atoms with Crippen molar-refractivity contribution in [3.8, 4) is 5.75 Å². The number of likely N-dealkylation sites (tertiary alicyclic amines) is 1. The summed E-state index contributed by atoms with van der Waals surface area (Å²) in [6.07, 6.45) is 8.47. The van der Waals surface area contributed by atoms with Crippen LogP contribution in [0.15, 0.2) is 24.3 Å². The van der Waals surface area contributed by atoms with Crippen LogP contribution in [0.4, 0.5) is 5.00 Å². The number of aryl methyl sites for hydroxylation is 1. The number of piperidine rings is 1. The minimum absolute atomic E-state index is 0.0580. The van der Waals surface area contributed by atoms with Crippen LogP contribution < -0.4 is 10.1 Å². The number of anilines is 1. The van der Waals surface area contributed by atoms with E-state index in [0.29, 0.717) is 23.5 Å². The predicted molar refractivity (Wildman–Crippen MR) is 140 cm³/mol. The van der Waals surface area contributed by atoms with E-state index in [1.807, 2.05) is 12.1 Å². The Balaban J connectivity index is 1.40. The van der Waals surface area contributed by atoms with Gasteiger partial charge < -0.3 is 19.9 Å². The Labute approximate surface area is 216 Å². The summed E-state index contributed by atoms with van der Waals surface area (Å²) in [5.41, 5.74) is 1.96. The first-order valence-electron chi connectivity index (χ1n) is 13.1. The molecular weight excluding hydrogens is 476 g/mol. The first-order chi connectivity index (χ1) is 17.4. The normalized spacial score (nSPS) is 26.0. The Kier molecular flexibility index (Phi) is 7.37. The van der Waals surface area contributed by atoms with Crippen molar-refractivity contribution in [1.29, 1.82) is 0 Å². The Morgan fingerprint density at radius 1 is 1.11 bits per heavy atom. The summed E-state index contributed by atoms with van der Waals surface area (Å²) in [7, 11) is 3.04. The monoisotopic (exact) mass is 512 g/mol. The molecule has 8 heteroatoms. The number of aliphatic hydroxyl groups is 1. The smallest absolute Gasteiger partial charge is 0.341 e. The Morgan fingerprint density at radius 3 is 2.64 bits per heavy atom. The summed E-state index contributed by atoms with van der Waals surface area (Å²) < 4.78 is 10.4. The van der Waals surface area contributed by atoms with Gasteiger partial charge in [-0.3, -0.25) is 9.69 Å². The van der Waals surface area contributed by atoms with Gasteiger partial charge in [0.2, 0.25) is 5.91 Å². The lowest BCUT2D eigenvalue weighted by molar-refractivity contribution is -0.135. The number of rotatable bonds is 6. The molecular formula is C28H36N2O5S. The molecule has 7 nitrogen and oxygen atoms in total. The third-order valence-electron chi connectivity index (χ3n) is 8.29. The zero-order valence-corrected chi connectivity index (χ0v) is 22.0. The molecule has 1 saturated heterocycles. The maximum atomic E-state index is 13.4. The minimum Gasteiger partial charge on any atom is -0.497 e. The number of thiophene rings is 1. The Hall–Kier alpha value is -2.42. The molecule has 3 aliphatic rings. The first kappa shape index (κ1) is 25.2. The molecule has 194 valence electrons. The molecule has 36 heavy (non-hydrogen) atoms. The van der Waals surface area contributed by atoms with Crippen molar-refractivity contribution in [2.24, 2.45) is 5.92 Å². The lowest BCUT2D eigenvalue weighted by Crippen LogP contribution is -2.56. The molecule has 1 aromatic carbocycles. The van der Waals surface area contributed by atoms with Gasteiger partial charge in [0.15, 0.2) is 0 Å². The SMILES string of the molecule is COC(=O)c1c(NC(=O)CN2CCC3(O)CCCCC3C2c2ccc(OC)cc2)sc2c1CCCC2. The number of hydrogen-bond donors (Lipinski definition) is 2. The van der Waals surface area contributed by atoms with E-state index in [2.05, 4.69) is 22.3 Å².